The van der Waals surface area contributed by atoms with Gasteiger partial charge < -0.3 is 5.73 Å². The van der Waals surface area contributed by atoms with Crippen LogP contribution in [-0.2, 0) is 6.42 Å². The van der Waals surface area contributed by atoms with Crippen LogP contribution >= 0.6 is 0 Å². The number of benzene rings is 2. The summed E-state index contributed by atoms with van der Waals surface area (Å²) in [6.07, 6.45) is 2.29. The van der Waals surface area contributed by atoms with Gasteiger partial charge in [0.05, 0.1) is 5.69 Å². The molecule has 3 nitrogen and oxygen atoms in total. The van der Waals surface area contributed by atoms with E-state index >= 15 is 0 Å². The summed E-state index contributed by atoms with van der Waals surface area (Å²) in [6, 6.07) is 12.9. The van der Waals surface area contributed by atoms with E-state index in [1.54, 1.807) is 6.20 Å². The van der Waals surface area contributed by atoms with Gasteiger partial charge in [0.2, 0.25) is 0 Å². The molecule has 26 heavy (non-hydrogen) atoms. The lowest BCUT2D eigenvalue weighted by atomic mass is 9.82. The van der Waals surface area contributed by atoms with Crippen molar-refractivity contribution in [3.8, 4) is 5.69 Å². The third-order valence-electron chi connectivity index (χ3n) is 4.46. The second-order valence-electron chi connectivity index (χ2n) is 7.58. The molecule has 0 radical (unpaired) electrons. The number of aromatic nitrogens is 2. The summed E-state index contributed by atoms with van der Waals surface area (Å²) in [6.45, 7) is 6.14. The highest BCUT2D eigenvalue weighted by Crippen LogP contribution is 2.33. The first-order chi connectivity index (χ1) is 12.3. The van der Waals surface area contributed by atoms with Gasteiger partial charge in [0.25, 0.3) is 0 Å². The Kier molecular flexibility index (Phi) is 4.92. The maximum Gasteiger partial charge on any atom is 0.149 e. The van der Waals surface area contributed by atoms with E-state index in [-0.39, 0.29) is 17.1 Å². The predicted molar refractivity (Wildman–Crippen MR) is 99.1 cm³/mol. The predicted octanol–water partition coefficient (Wildman–Crippen LogP) is 4.79. The zero-order chi connectivity index (χ0) is 18.9. The van der Waals surface area contributed by atoms with E-state index in [0.29, 0.717) is 6.42 Å². The first kappa shape index (κ1) is 18.3. The quantitative estimate of drug-likeness (QED) is 0.731. The molecule has 0 spiro atoms. The van der Waals surface area contributed by atoms with Crippen molar-refractivity contribution in [1.29, 1.82) is 0 Å². The number of rotatable bonds is 4. The Morgan fingerprint density at radius 3 is 2.42 bits per heavy atom. The summed E-state index contributed by atoms with van der Waals surface area (Å²) in [5.41, 5.74) is 9.03. The van der Waals surface area contributed by atoms with Crippen molar-refractivity contribution in [3.63, 3.8) is 0 Å². The molecule has 5 heteroatoms. The third-order valence-corrected chi connectivity index (χ3v) is 4.46. The zero-order valence-corrected chi connectivity index (χ0v) is 15.2. The number of nitrogens with zero attached hydrogens (tertiary/aromatic N) is 2. The molecule has 0 unspecified atom stereocenters. The van der Waals surface area contributed by atoms with Crippen LogP contribution in [0.15, 0.2) is 54.7 Å². The molecule has 136 valence electrons. The van der Waals surface area contributed by atoms with Gasteiger partial charge in [-0.15, -0.1) is 0 Å². The summed E-state index contributed by atoms with van der Waals surface area (Å²) in [4.78, 5) is 0. The van der Waals surface area contributed by atoms with Crippen LogP contribution in [0.5, 0.6) is 0 Å². The van der Waals surface area contributed by atoms with E-state index in [1.165, 1.54) is 4.68 Å². The minimum atomic E-state index is -0.531. The molecule has 1 atom stereocenters. The molecule has 0 fully saturated rings. The maximum atomic E-state index is 14.2. The van der Waals surface area contributed by atoms with Crippen LogP contribution in [0.3, 0.4) is 0 Å². The molecule has 0 aliphatic heterocycles. The minimum absolute atomic E-state index is 0.0756. The fraction of sp³-hybridized carbons (Fsp3) is 0.286. The first-order valence-electron chi connectivity index (χ1n) is 8.59. The average Bonchev–Trinajstić information content (AvgIpc) is 2.99. The minimum Gasteiger partial charge on any atom is -0.323 e. The van der Waals surface area contributed by atoms with Crippen molar-refractivity contribution in [3.05, 3.63) is 83.2 Å². The maximum absolute atomic E-state index is 14.2. The van der Waals surface area contributed by atoms with Gasteiger partial charge in [0, 0.05) is 30.3 Å². The monoisotopic (exact) mass is 355 g/mol. The highest BCUT2D eigenvalue weighted by atomic mass is 19.1. The largest absolute Gasteiger partial charge is 0.323 e. The van der Waals surface area contributed by atoms with E-state index in [4.69, 9.17) is 5.73 Å². The third kappa shape index (κ3) is 3.83. The number of hydrogen-bond acceptors (Lipinski definition) is 2. The molecule has 2 N–H and O–H groups in total. The highest BCUT2D eigenvalue weighted by Gasteiger charge is 2.27. The molecule has 3 rings (SSSR count). The topological polar surface area (TPSA) is 43.8 Å². The molecule has 1 aromatic heterocycles. The van der Waals surface area contributed by atoms with Crippen molar-refractivity contribution in [2.45, 2.75) is 33.2 Å². The van der Waals surface area contributed by atoms with Gasteiger partial charge >= 0.3 is 0 Å². The molecular formula is C21H23F2N3. The summed E-state index contributed by atoms with van der Waals surface area (Å²) in [5.74, 6) is -1.04. The molecule has 0 bridgehead atoms. The normalized spacial score (nSPS) is 13.0. The average molecular weight is 355 g/mol. The lowest BCUT2D eigenvalue weighted by molar-refractivity contribution is 0.325. The van der Waals surface area contributed by atoms with Crippen molar-refractivity contribution in [2.24, 2.45) is 11.1 Å². The molecule has 0 aliphatic rings. The lowest BCUT2D eigenvalue weighted by Gasteiger charge is -2.27. The van der Waals surface area contributed by atoms with Crippen LogP contribution in [0, 0.1) is 17.0 Å². The van der Waals surface area contributed by atoms with Gasteiger partial charge in [0.1, 0.15) is 17.3 Å². The molecular weight excluding hydrogens is 332 g/mol. The van der Waals surface area contributed by atoms with Gasteiger partial charge in [0.15, 0.2) is 0 Å². The van der Waals surface area contributed by atoms with Crippen molar-refractivity contribution >= 4 is 0 Å². The van der Waals surface area contributed by atoms with Gasteiger partial charge in [-0.2, -0.15) is 5.10 Å². The van der Waals surface area contributed by atoms with Crippen LogP contribution in [-0.4, -0.2) is 9.78 Å². The van der Waals surface area contributed by atoms with Gasteiger partial charge in [-0.3, -0.25) is 0 Å². The summed E-state index contributed by atoms with van der Waals surface area (Å²) < 4.78 is 29.2. The van der Waals surface area contributed by atoms with Gasteiger partial charge in [-0.05, 0) is 23.1 Å². The molecule has 0 saturated carbocycles. The second kappa shape index (κ2) is 7.00. The lowest BCUT2D eigenvalue weighted by Crippen LogP contribution is -2.26. The van der Waals surface area contributed by atoms with Crippen LogP contribution in [0.25, 0.3) is 5.69 Å². The number of nitrogens with two attached hydrogens (primary N) is 1. The van der Waals surface area contributed by atoms with Crippen LogP contribution in [0.1, 0.15) is 43.6 Å². The standard InChI is InChI=1S/C21H23F2N3/c1-21(2,3)20(24)16-13-26(19-12-15(22)9-10-17(19)23)25-18(16)11-14-7-5-4-6-8-14/h4-10,12-13,20H,11,24H2,1-3H3/t20-/m0/s1. The Balaban J connectivity index is 2.09. The SMILES string of the molecule is CC(C)(C)[C@@H](N)c1cn(-c2cc(F)ccc2F)nc1Cc1ccccc1. The zero-order valence-electron chi connectivity index (χ0n) is 15.2. The van der Waals surface area contributed by atoms with Crippen molar-refractivity contribution in [2.75, 3.05) is 0 Å². The van der Waals surface area contributed by atoms with Gasteiger partial charge in [-0.25, -0.2) is 13.5 Å². The summed E-state index contributed by atoms with van der Waals surface area (Å²) in [5, 5.41) is 4.54. The summed E-state index contributed by atoms with van der Waals surface area (Å²) in [7, 11) is 0. The Hall–Kier alpha value is -2.53. The van der Waals surface area contributed by atoms with E-state index in [9.17, 15) is 8.78 Å². The second-order valence-corrected chi connectivity index (χ2v) is 7.58. The molecule has 0 amide bonds. The Morgan fingerprint density at radius 1 is 1.08 bits per heavy atom. The fourth-order valence-corrected chi connectivity index (χ4v) is 2.86. The van der Waals surface area contributed by atoms with Crippen molar-refractivity contribution in [1.82, 2.24) is 9.78 Å². The Bertz CT molecular complexity index is 895. The van der Waals surface area contributed by atoms with Gasteiger partial charge in [-0.1, -0.05) is 51.1 Å². The highest BCUT2D eigenvalue weighted by molar-refractivity contribution is 5.37. The van der Waals surface area contributed by atoms with E-state index in [1.807, 2.05) is 51.1 Å². The molecule has 1 heterocycles. The van der Waals surface area contributed by atoms with Crippen molar-refractivity contribution < 1.29 is 8.78 Å². The van der Waals surface area contributed by atoms with Crippen LogP contribution in [0.2, 0.25) is 0 Å². The Labute approximate surface area is 152 Å². The molecule has 2 aromatic carbocycles. The van der Waals surface area contributed by atoms with E-state index in [2.05, 4.69) is 5.10 Å². The Morgan fingerprint density at radius 2 is 1.77 bits per heavy atom. The number of hydrogen-bond donors (Lipinski definition) is 1. The number of halogens is 2. The van der Waals surface area contributed by atoms with E-state index in [0.717, 1.165) is 35.0 Å². The first-order valence-corrected chi connectivity index (χ1v) is 8.59. The molecule has 0 saturated heterocycles. The summed E-state index contributed by atoms with van der Waals surface area (Å²) >= 11 is 0. The molecule has 0 aliphatic carbocycles. The molecule has 3 aromatic rings. The van der Waals surface area contributed by atoms with Crippen LogP contribution < -0.4 is 5.73 Å². The van der Waals surface area contributed by atoms with E-state index < -0.39 is 11.6 Å². The van der Waals surface area contributed by atoms with Crippen LogP contribution in [0.4, 0.5) is 8.78 Å². The fourth-order valence-electron chi connectivity index (χ4n) is 2.86. The smallest absolute Gasteiger partial charge is 0.149 e.